The first-order chi connectivity index (χ1) is 12.6. The van der Waals surface area contributed by atoms with E-state index in [2.05, 4.69) is 5.32 Å². The van der Waals surface area contributed by atoms with Crippen LogP contribution in [0.5, 0.6) is 5.75 Å². The smallest absolute Gasteiger partial charge is 0.271 e. The zero-order valence-corrected chi connectivity index (χ0v) is 16.0. The molecule has 2 aromatic rings. The summed E-state index contributed by atoms with van der Waals surface area (Å²) in [4.78, 5) is 22.6. The summed E-state index contributed by atoms with van der Waals surface area (Å²) >= 11 is 5.94. The Bertz CT molecular complexity index is 980. The Labute approximate surface area is 160 Å². The van der Waals surface area contributed by atoms with Crippen molar-refractivity contribution in [2.75, 3.05) is 29.5 Å². The van der Waals surface area contributed by atoms with Crippen LogP contribution < -0.4 is 14.4 Å². The van der Waals surface area contributed by atoms with Gasteiger partial charge in [-0.2, -0.15) is 0 Å². The third-order valence-electron chi connectivity index (χ3n) is 3.44. The normalized spacial score (nSPS) is 10.9. The highest BCUT2D eigenvalue weighted by atomic mass is 35.5. The molecule has 11 heteroatoms. The number of nitro groups is 1. The summed E-state index contributed by atoms with van der Waals surface area (Å²) in [6, 6.07) is 9.67. The molecule has 0 aliphatic carbocycles. The van der Waals surface area contributed by atoms with E-state index < -0.39 is 27.4 Å². The van der Waals surface area contributed by atoms with E-state index in [0.717, 1.165) is 10.6 Å². The molecule has 0 aliphatic rings. The summed E-state index contributed by atoms with van der Waals surface area (Å²) in [6.07, 6.45) is 0.938. The number of benzene rings is 2. The Hall–Kier alpha value is -2.85. The van der Waals surface area contributed by atoms with Crippen molar-refractivity contribution in [3.63, 3.8) is 0 Å². The van der Waals surface area contributed by atoms with Gasteiger partial charge in [0, 0.05) is 22.8 Å². The topological polar surface area (TPSA) is 119 Å². The van der Waals surface area contributed by atoms with Crippen LogP contribution in [0, 0.1) is 10.1 Å². The van der Waals surface area contributed by atoms with Crippen LogP contribution in [-0.4, -0.2) is 39.2 Å². The van der Waals surface area contributed by atoms with Crippen LogP contribution in [0.15, 0.2) is 42.5 Å². The van der Waals surface area contributed by atoms with Crippen molar-refractivity contribution >= 4 is 44.6 Å². The highest BCUT2D eigenvalue weighted by molar-refractivity contribution is 7.92. The minimum absolute atomic E-state index is 0.0988. The minimum atomic E-state index is -3.85. The maximum Gasteiger partial charge on any atom is 0.271 e. The highest BCUT2D eigenvalue weighted by Crippen LogP contribution is 2.32. The number of nitrogens with zero attached hydrogens (tertiary/aromatic N) is 2. The second kappa shape index (κ2) is 8.23. The van der Waals surface area contributed by atoms with Crippen LogP contribution in [0.1, 0.15) is 0 Å². The quantitative estimate of drug-likeness (QED) is 0.550. The van der Waals surface area contributed by atoms with Crippen LogP contribution in [-0.2, 0) is 14.8 Å². The summed E-state index contributed by atoms with van der Waals surface area (Å²) in [5.41, 5.74) is 0.0617. The summed E-state index contributed by atoms with van der Waals surface area (Å²) in [5, 5.41) is 13.5. The molecule has 2 rings (SSSR count). The lowest BCUT2D eigenvalue weighted by atomic mass is 10.2. The molecule has 0 fully saturated rings. The van der Waals surface area contributed by atoms with Gasteiger partial charge in [0.2, 0.25) is 15.9 Å². The van der Waals surface area contributed by atoms with E-state index in [9.17, 15) is 23.3 Å². The molecule has 9 nitrogen and oxygen atoms in total. The van der Waals surface area contributed by atoms with Crippen LogP contribution in [0.4, 0.5) is 17.1 Å². The fraction of sp³-hybridized carbons (Fsp3) is 0.188. The second-order valence-corrected chi connectivity index (χ2v) is 7.78. The van der Waals surface area contributed by atoms with Crippen LogP contribution in [0.25, 0.3) is 0 Å². The first-order valence-electron chi connectivity index (χ1n) is 7.47. The van der Waals surface area contributed by atoms with Gasteiger partial charge >= 0.3 is 0 Å². The van der Waals surface area contributed by atoms with Crippen LogP contribution >= 0.6 is 11.6 Å². The maximum absolute atomic E-state index is 12.3. The monoisotopic (exact) mass is 413 g/mol. The number of ether oxygens (including phenoxy) is 1. The lowest BCUT2D eigenvalue weighted by molar-refractivity contribution is -0.384. The number of hydrogen-bond acceptors (Lipinski definition) is 6. The number of non-ortho nitro benzene ring substituents is 1. The number of anilines is 2. The fourth-order valence-corrected chi connectivity index (χ4v) is 3.29. The maximum atomic E-state index is 12.3. The summed E-state index contributed by atoms with van der Waals surface area (Å²) in [5.74, 6) is -0.476. The largest absolute Gasteiger partial charge is 0.495 e. The van der Waals surface area contributed by atoms with Gasteiger partial charge in [-0.1, -0.05) is 17.7 Å². The Kier molecular flexibility index (Phi) is 6.24. The molecule has 0 unspecified atom stereocenters. The number of carbonyl (C=O) groups excluding carboxylic acids is 1. The van der Waals surface area contributed by atoms with Gasteiger partial charge in [0.05, 0.1) is 24.0 Å². The molecule has 0 aliphatic heterocycles. The number of sulfonamides is 1. The number of nitrogens with one attached hydrogen (secondary N) is 1. The molecule has 27 heavy (non-hydrogen) atoms. The van der Waals surface area contributed by atoms with Crippen LogP contribution in [0.2, 0.25) is 5.02 Å². The molecule has 0 saturated heterocycles. The number of nitro benzene ring substituents is 1. The summed E-state index contributed by atoms with van der Waals surface area (Å²) in [7, 11) is -2.49. The Balaban J connectivity index is 2.30. The molecular formula is C16H16ClN3O6S. The van der Waals surface area contributed by atoms with Crippen molar-refractivity contribution in [2.24, 2.45) is 0 Å². The molecule has 0 bridgehead atoms. The number of methoxy groups -OCH3 is 1. The number of halogens is 1. The van der Waals surface area contributed by atoms with Crippen molar-refractivity contribution in [2.45, 2.75) is 0 Å². The van der Waals surface area contributed by atoms with E-state index in [1.807, 2.05) is 0 Å². The third kappa shape index (κ3) is 5.31. The molecule has 0 spiro atoms. The number of amides is 1. The molecule has 0 saturated carbocycles. The predicted molar refractivity (Wildman–Crippen MR) is 102 cm³/mol. The van der Waals surface area contributed by atoms with Gasteiger partial charge in [-0.05, 0) is 24.3 Å². The Morgan fingerprint density at radius 2 is 2.00 bits per heavy atom. The van der Waals surface area contributed by atoms with E-state index in [4.69, 9.17) is 16.3 Å². The molecule has 0 heterocycles. The van der Waals surface area contributed by atoms with E-state index in [0.29, 0.717) is 0 Å². The molecule has 2 aromatic carbocycles. The van der Waals surface area contributed by atoms with Crippen LogP contribution in [0.3, 0.4) is 0 Å². The number of hydrogen-bond donors (Lipinski definition) is 1. The SMILES string of the molecule is COc1ccc(Cl)cc1N(CC(=O)Nc1cccc([N+](=O)[O-])c1)S(C)(=O)=O. The predicted octanol–water partition coefficient (Wildman–Crippen LogP) is 2.66. The van der Waals surface area contributed by atoms with Crippen molar-refractivity contribution in [3.8, 4) is 5.75 Å². The van der Waals surface area contributed by atoms with Gasteiger partial charge in [-0.3, -0.25) is 19.2 Å². The summed E-state index contributed by atoms with van der Waals surface area (Å²) < 4.78 is 30.4. The van der Waals surface area contributed by atoms with Crippen molar-refractivity contribution in [3.05, 3.63) is 57.6 Å². The van der Waals surface area contributed by atoms with Gasteiger partial charge in [0.15, 0.2) is 0 Å². The molecule has 0 atom stereocenters. The van der Waals surface area contributed by atoms with Gasteiger partial charge in [-0.15, -0.1) is 0 Å². The number of rotatable bonds is 7. The average molecular weight is 414 g/mol. The molecule has 144 valence electrons. The van der Waals surface area contributed by atoms with Gasteiger partial charge < -0.3 is 10.1 Å². The second-order valence-electron chi connectivity index (χ2n) is 5.44. The number of carbonyl (C=O) groups is 1. The Morgan fingerprint density at radius 3 is 2.59 bits per heavy atom. The van der Waals surface area contributed by atoms with Crippen molar-refractivity contribution in [1.82, 2.24) is 0 Å². The minimum Gasteiger partial charge on any atom is -0.495 e. The zero-order chi connectivity index (χ0) is 20.2. The highest BCUT2D eigenvalue weighted by Gasteiger charge is 2.24. The molecule has 1 N–H and O–H groups in total. The van der Waals surface area contributed by atoms with Crippen molar-refractivity contribution in [1.29, 1.82) is 0 Å². The zero-order valence-electron chi connectivity index (χ0n) is 14.4. The first kappa shape index (κ1) is 20.5. The van der Waals surface area contributed by atoms with Gasteiger partial charge in [0.25, 0.3) is 5.69 Å². The summed E-state index contributed by atoms with van der Waals surface area (Å²) in [6.45, 7) is -0.571. The van der Waals surface area contributed by atoms with E-state index >= 15 is 0 Å². The fourth-order valence-electron chi connectivity index (χ4n) is 2.27. The molecule has 1 amide bonds. The molecule has 0 aromatic heterocycles. The lowest BCUT2D eigenvalue weighted by Crippen LogP contribution is -2.37. The third-order valence-corrected chi connectivity index (χ3v) is 4.80. The lowest BCUT2D eigenvalue weighted by Gasteiger charge is -2.24. The van der Waals surface area contributed by atoms with Gasteiger partial charge in [-0.25, -0.2) is 8.42 Å². The van der Waals surface area contributed by atoms with E-state index in [1.54, 1.807) is 0 Å². The molecular weight excluding hydrogens is 398 g/mol. The van der Waals surface area contributed by atoms with Crippen molar-refractivity contribution < 1.29 is 22.9 Å². The van der Waals surface area contributed by atoms with Gasteiger partial charge in [0.1, 0.15) is 12.3 Å². The average Bonchev–Trinajstić information content (AvgIpc) is 2.59. The van der Waals surface area contributed by atoms with E-state index in [-0.39, 0.29) is 27.8 Å². The van der Waals surface area contributed by atoms with E-state index in [1.165, 1.54) is 49.6 Å². The standard InChI is InChI=1S/C16H16ClN3O6S/c1-26-15-7-6-11(17)8-14(15)19(27(2,24)25)10-16(21)18-12-4-3-5-13(9-12)20(22)23/h3-9H,10H2,1-2H3,(H,18,21). The molecule has 0 radical (unpaired) electrons. The Morgan fingerprint density at radius 1 is 1.30 bits per heavy atom. The first-order valence-corrected chi connectivity index (χ1v) is 9.70.